The van der Waals surface area contributed by atoms with Crippen LogP contribution in [-0.4, -0.2) is 32.4 Å². The molecule has 0 saturated carbocycles. The molecule has 1 aromatic rings. The Morgan fingerprint density at radius 1 is 1.41 bits per heavy atom. The van der Waals surface area contributed by atoms with Crippen LogP contribution in [0.3, 0.4) is 0 Å². The number of nitrogens with zero attached hydrogens (tertiary/aromatic N) is 3. The van der Waals surface area contributed by atoms with Crippen molar-refractivity contribution < 1.29 is 9.90 Å². The van der Waals surface area contributed by atoms with Crippen LogP contribution < -0.4 is 5.32 Å². The summed E-state index contributed by atoms with van der Waals surface area (Å²) in [5, 5.41) is 20.8. The fraction of sp³-hybridized carbons (Fsp3) is 0.727. The first-order valence-electron chi connectivity index (χ1n) is 6.14. The molecule has 1 fully saturated rings. The van der Waals surface area contributed by atoms with Crippen LogP contribution in [0.5, 0.6) is 0 Å². The lowest BCUT2D eigenvalue weighted by atomic mass is 9.98. The van der Waals surface area contributed by atoms with E-state index in [9.17, 15) is 4.79 Å². The van der Waals surface area contributed by atoms with Gasteiger partial charge in [0.05, 0.1) is 12.0 Å². The number of nitrogens with one attached hydrogen (secondary N) is 1. The molecule has 0 radical (unpaired) electrons. The number of carbonyl (C=O) groups is 1. The summed E-state index contributed by atoms with van der Waals surface area (Å²) < 4.78 is 2.10. The van der Waals surface area contributed by atoms with Crippen LogP contribution in [0, 0.1) is 5.92 Å². The zero-order chi connectivity index (χ0) is 11.8. The van der Waals surface area contributed by atoms with Crippen LogP contribution >= 0.6 is 0 Å². The van der Waals surface area contributed by atoms with Crippen molar-refractivity contribution in [2.75, 3.05) is 6.54 Å². The standard InChI is InChI=1S/C11H16N4O2/c16-11(17)7-3-5-15-9(6-7)13-14-10(15)8-2-1-4-12-8/h7-8,12H,1-6H2,(H,16,17). The number of hydrogen-bond donors (Lipinski definition) is 2. The van der Waals surface area contributed by atoms with Gasteiger partial charge < -0.3 is 15.0 Å². The van der Waals surface area contributed by atoms with Crippen molar-refractivity contribution in [3.8, 4) is 0 Å². The molecule has 0 amide bonds. The number of hydrogen-bond acceptors (Lipinski definition) is 4. The molecule has 1 saturated heterocycles. The van der Waals surface area contributed by atoms with Crippen molar-refractivity contribution in [1.82, 2.24) is 20.1 Å². The second-order valence-electron chi connectivity index (χ2n) is 4.80. The highest BCUT2D eigenvalue weighted by Gasteiger charge is 2.30. The van der Waals surface area contributed by atoms with E-state index in [1.807, 2.05) is 0 Å². The molecule has 3 rings (SSSR count). The summed E-state index contributed by atoms with van der Waals surface area (Å²) in [6.07, 6.45) is 3.46. The molecular formula is C11H16N4O2. The van der Waals surface area contributed by atoms with Gasteiger partial charge in [0.2, 0.25) is 0 Å². The minimum atomic E-state index is -0.722. The molecule has 17 heavy (non-hydrogen) atoms. The van der Waals surface area contributed by atoms with E-state index in [-0.39, 0.29) is 5.92 Å². The normalized spacial score (nSPS) is 28.0. The first-order chi connectivity index (χ1) is 8.25. The molecule has 3 heterocycles. The molecular weight excluding hydrogens is 220 g/mol. The molecule has 2 aliphatic heterocycles. The molecule has 92 valence electrons. The van der Waals surface area contributed by atoms with Gasteiger partial charge in [-0.15, -0.1) is 10.2 Å². The summed E-state index contributed by atoms with van der Waals surface area (Å²) in [4.78, 5) is 11.0. The second kappa shape index (κ2) is 4.10. The minimum Gasteiger partial charge on any atom is -0.481 e. The molecule has 0 spiro atoms. The third kappa shape index (κ3) is 1.82. The lowest BCUT2D eigenvalue weighted by Crippen LogP contribution is -2.28. The number of aliphatic carboxylic acids is 1. The van der Waals surface area contributed by atoms with E-state index in [1.165, 1.54) is 6.42 Å². The predicted octanol–water partition coefficient (Wildman–Crippen LogP) is 0.350. The summed E-state index contributed by atoms with van der Waals surface area (Å²) in [6.45, 7) is 1.76. The Balaban J connectivity index is 1.84. The van der Waals surface area contributed by atoms with Crippen molar-refractivity contribution in [2.45, 2.75) is 38.3 Å². The SMILES string of the molecule is O=C(O)C1CCn2c(nnc2C2CCCN2)C1. The topological polar surface area (TPSA) is 80.0 Å². The maximum Gasteiger partial charge on any atom is 0.307 e. The summed E-state index contributed by atoms with van der Waals surface area (Å²) in [5.74, 6) is 0.796. The van der Waals surface area contributed by atoms with Gasteiger partial charge in [-0.25, -0.2) is 0 Å². The molecule has 0 aliphatic carbocycles. The zero-order valence-corrected chi connectivity index (χ0v) is 9.59. The summed E-state index contributed by atoms with van der Waals surface area (Å²) in [6, 6.07) is 0.303. The molecule has 6 nitrogen and oxygen atoms in total. The van der Waals surface area contributed by atoms with Crippen molar-refractivity contribution >= 4 is 5.97 Å². The Labute approximate surface area is 99.0 Å². The van der Waals surface area contributed by atoms with Crippen LogP contribution in [0.2, 0.25) is 0 Å². The maximum absolute atomic E-state index is 11.0. The predicted molar refractivity (Wildman–Crippen MR) is 59.4 cm³/mol. The largest absolute Gasteiger partial charge is 0.481 e. The molecule has 2 atom stereocenters. The van der Waals surface area contributed by atoms with Gasteiger partial charge in [0.1, 0.15) is 11.6 Å². The summed E-state index contributed by atoms with van der Waals surface area (Å²) >= 11 is 0. The Hall–Kier alpha value is -1.43. The van der Waals surface area contributed by atoms with Crippen LogP contribution in [0.25, 0.3) is 0 Å². The monoisotopic (exact) mass is 236 g/mol. The van der Waals surface area contributed by atoms with Gasteiger partial charge in [0.15, 0.2) is 0 Å². The first kappa shape index (κ1) is 10.7. The van der Waals surface area contributed by atoms with E-state index in [4.69, 9.17) is 5.11 Å². The molecule has 1 aromatic heterocycles. The number of carboxylic acids is 1. The van der Waals surface area contributed by atoms with E-state index >= 15 is 0 Å². The number of aromatic nitrogens is 3. The highest BCUT2D eigenvalue weighted by Crippen LogP contribution is 2.26. The van der Waals surface area contributed by atoms with Gasteiger partial charge in [-0.1, -0.05) is 0 Å². The van der Waals surface area contributed by atoms with Crippen LogP contribution in [0.15, 0.2) is 0 Å². The van der Waals surface area contributed by atoms with Gasteiger partial charge in [-0.05, 0) is 25.8 Å². The van der Waals surface area contributed by atoms with E-state index in [0.29, 0.717) is 18.9 Å². The van der Waals surface area contributed by atoms with Crippen molar-refractivity contribution in [3.05, 3.63) is 11.6 Å². The average Bonchev–Trinajstić information content (AvgIpc) is 2.96. The van der Waals surface area contributed by atoms with Crippen LogP contribution in [-0.2, 0) is 17.8 Å². The molecule has 0 bridgehead atoms. The minimum absolute atomic E-state index is 0.295. The second-order valence-corrected chi connectivity index (χ2v) is 4.80. The lowest BCUT2D eigenvalue weighted by molar-refractivity contribution is -0.142. The molecule has 2 N–H and O–H groups in total. The van der Waals surface area contributed by atoms with Gasteiger partial charge in [0, 0.05) is 13.0 Å². The maximum atomic E-state index is 11.0. The van der Waals surface area contributed by atoms with E-state index in [1.54, 1.807) is 0 Å². The Morgan fingerprint density at radius 3 is 3.00 bits per heavy atom. The Kier molecular flexibility index (Phi) is 2.58. The third-order valence-electron chi connectivity index (χ3n) is 3.71. The number of carboxylic acid groups (broad SMARTS) is 1. The van der Waals surface area contributed by atoms with E-state index in [2.05, 4.69) is 20.1 Å². The highest BCUT2D eigenvalue weighted by molar-refractivity contribution is 5.70. The lowest BCUT2D eigenvalue weighted by Gasteiger charge is -2.21. The molecule has 6 heteroatoms. The van der Waals surface area contributed by atoms with Gasteiger partial charge >= 0.3 is 5.97 Å². The Morgan fingerprint density at radius 2 is 2.29 bits per heavy atom. The summed E-state index contributed by atoms with van der Waals surface area (Å²) in [7, 11) is 0. The number of rotatable bonds is 2. The van der Waals surface area contributed by atoms with E-state index < -0.39 is 5.97 Å². The fourth-order valence-corrected chi connectivity index (χ4v) is 2.72. The van der Waals surface area contributed by atoms with Crippen molar-refractivity contribution in [1.29, 1.82) is 0 Å². The fourth-order valence-electron chi connectivity index (χ4n) is 2.72. The Bertz CT molecular complexity index is 437. The zero-order valence-electron chi connectivity index (χ0n) is 9.59. The van der Waals surface area contributed by atoms with Gasteiger partial charge in [-0.3, -0.25) is 4.79 Å². The van der Waals surface area contributed by atoms with Gasteiger partial charge in [-0.2, -0.15) is 0 Å². The van der Waals surface area contributed by atoms with E-state index in [0.717, 1.165) is 31.2 Å². The van der Waals surface area contributed by atoms with Crippen molar-refractivity contribution in [3.63, 3.8) is 0 Å². The molecule has 0 aromatic carbocycles. The average molecular weight is 236 g/mol. The molecule has 2 unspecified atom stereocenters. The van der Waals surface area contributed by atoms with Crippen LogP contribution in [0.4, 0.5) is 0 Å². The number of fused-ring (bicyclic) bond motifs is 1. The molecule has 2 aliphatic rings. The summed E-state index contributed by atoms with van der Waals surface area (Å²) in [5.41, 5.74) is 0. The third-order valence-corrected chi connectivity index (χ3v) is 3.71. The quantitative estimate of drug-likeness (QED) is 0.774. The first-order valence-corrected chi connectivity index (χ1v) is 6.14. The van der Waals surface area contributed by atoms with Crippen LogP contribution in [0.1, 0.15) is 37.0 Å². The smallest absolute Gasteiger partial charge is 0.307 e. The highest BCUT2D eigenvalue weighted by atomic mass is 16.4. The van der Waals surface area contributed by atoms with Crippen molar-refractivity contribution in [2.24, 2.45) is 5.92 Å². The van der Waals surface area contributed by atoms with Gasteiger partial charge in [0.25, 0.3) is 0 Å².